The minimum absolute atomic E-state index is 0.00000927. The number of aryl methyl sites for hydroxylation is 1. The fourth-order valence-electron chi connectivity index (χ4n) is 4.81. The third-order valence-corrected chi connectivity index (χ3v) is 10.9. The molecule has 2 aromatic rings. The lowest BCUT2D eigenvalue weighted by molar-refractivity contribution is -0.139. The Balaban J connectivity index is 1.80. The highest BCUT2D eigenvalue weighted by Gasteiger charge is 2.49. The quantitative estimate of drug-likeness (QED) is 0.156. The average Bonchev–Trinajstić information content (AvgIpc) is 3.24. The molecule has 2 aromatic carbocycles. The molecular weight excluding hydrogens is 557 g/mol. The van der Waals surface area contributed by atoms with Crippen molar-refractivity contribution in [3.63, 3.8) is 0 Å². The summed E-state index contributed by atoms with van der Waals surface area (Å²) in [4.78, 5) is 4.56. The van der Waals surface area contributed by atoms with E-state index < -0.39 is 35.0 Å². The van der Waals surface area contributed by atoms with Crippen LogP contribution >= 0.6 is 7.37 Å². The van der Waals surface area contributed by atoms with E-state index in [1.807, 2.05) is 41.5 Å². The Morgan fingerprint density at radius 2 is 1.71 bits per heavy atom. The topological polar surface area (TPSA) is 57.1 Å². The molecule has 0 amide bonds. The van der Waals surface area contributed by atoms with Gasteiger partial charge in [-0.3, -0.25) is 4.57 Å². The summed E-state index contributed by atoms with van der Waals surface area (Å²) < 4.78 is 86.9. The molecule has 1 unspecified atom stereocenters. The highest BCUT2D eigenvalue weighted by molar-refractivity contribution is 7.62. The molecule has 0 bridgehead atoms. The third kappa shape index (κ3) is 8.01. The van der Waals surface area contributed by atoms with Gasteiger partial charge in [-0.2, -0.15) is 13.2 Å². The number of hydrogen-bond donors (Lipinski definition) is 0. The SMILES string of the molecule is CC1=NC(C=Cc2ccc(OCCCc3ccccc3F)c(C(F)(F)F)c2)(COP(=O)(C(C)(C)C)C(C)(C)C)CO1. The maximum atomic E-state index is 14.0. The van der Waals surface area contributed by atoms with Crippen molar-refractivity contribution in [1.29, 1.82) is 0 Å². The largest absolute Gasteiger partial charge is 0.493 e. The minimum Gasteiger partial charge on any atom is -0.493 e. The molecule has 0 spiro atoms. The number of hydrogen-bond acceptors (Lipinski definition) is 5. The standard InChI is InChI=1S/C31H40F4NO4P/c1-22-36-30(20-39-22,21-40-41(37,28(2,3)4)29(5,6)7)17-16-23-14-15-27(25(19-23)31(33,34)35)38-18-10-12-24-11-8-9-13-26(24)32/h8-9,11,13-17,19H,10,12,18,20-21H2,1-7H3. The van der Waals surface area contributed by atoms with Gasteiger partial charge in [0.25, 0.3) is 0 Å². The highest BCUT2D eigenvalue weighted by atomic mass is 31.2. The number of alkyl halides is 3. The van der Waals surface area contributed by atoms with E-state index in [1.54, 1.807) is 31.2 Å². The van der Waals surface area contributed by atoms with E-state index in [-0.39, 0.29) is 37.0 Å². The Morgan fingerprint density at radius 3 is 2.27 bits per heavy atom. The minimum atomic E-state index is -4.65. The molecule has 5 nitrogen and oxygen atoms in total. The molecule has 1 atom stereocenters. The normalized spacial score (nSPS) is 18.5. The van der Waals surface area contributed by atoms with Crippen LogP contribution in [-0.4, -0.2) is 41.6 Å². The van der Waals surface area contributed by atoms with Gasteiger partial charge in [0.05, 0.1) is 18.8 Å². The Labute approximate surface area is 240 Å². The second kappa shape index (κ2) is 12.3. The summed E-state index contributed by atoms with van der Waals surface area (Å²) in [6, 6.07) is 10.1. The number of rotatable bonds is 10. The van der Waals surface area contributed by atoms with E-state index in [4.69, 9.17) is 14.0 Å². The van der Waals surface area contributed by atoms with Crippen LogP contribution in [0.25, 0.3) is 6.08 Å². The summed E-state index contributed by atoms with van der Waals surface area (Å²) in [5, 5.41) is -1.28. The van der Waals surface area contributed by atoms with Gasteiger partial charge in [0.15, 0.2) is 5.90 Å². The molecule has 1 aliphatic rings. The average molecular weight is 598 g/mol. The van der Waals surface area contributed by atoms with Crippen molar-refractivity contribution in [1.82, 2.24) is 0 Å². The summed E-state index contributed by atoms with van der Waals surface area (Å²) in [5.74, 6) is -0.236. The van der Waals surface area contributed by atoms with E-state index in [0.29, 0.717) is 24.3 Å². The molecule has 0 fully saturated rings. The molecule has 41 heavy (non-hydrogen) atoms. The van der Waals surface area contributed by atoms with Crippen LogP contribution in [0.15, 0.2) is 53.5 Å². The van der Waals surface area contributed by atoms with Crippen molar-refractivity contribution in [2.24, 2.45) is 4.99 Å². The fourth-order valence-corrected chi connectivity index (χ4v) is 8.00. The molecule has 0 saturated carbocycles. The Bertz CT molecular complexity index is 1310. The molecule has 226 valence electrons. The zero-order valence-electron chi connectivity index (χ0n) is 24.8. The molecule has 1 heterocycles. The third-order valence-electron chi connectivity index (χ3n) is 6.87. The summed E-state index contributed by atoms with van der Waals surface area (Å²) in [7, 11) is -3.21. The molecule has 0 saturated heterocycles. The number of nitrogens with zero attached hydrogens (tertiary/aromatic N) is 1. The van der Waals surface area contributed by atoms with Crippen molar-refractivity contribution in [2.45, 2.75) is 83.3 Å². The predicted molar refractivity (Wildman–Crippen MR) is 156 cm³/mol. The first-order valence-corrected chi connectivity index (χ1v) is 15.2. The number of ether oxygens (including phenoxy) is 2. The Morgan fingerprint density at radius 1 is 1.05 bits per heavy atom. The molecule has 0 aliphatic carbocycles. The summed E-state index contributed by atoms with van der Waals surface area (Å²) in [6.07, 6.45) is -0.775. The Hall–Kier alpha value is -2.64. The lowest BCUT2D eigenvalue weighted by Gasteiger charge is -2.41. The molecular formula is C31H40F4NO4P. The van der Waals surface area contributed by atoms with Crippen LogP contribution in [0.5, 0.6) is 5.75 Å². The van der Waals surface area contributed by atoms with E-state index in [1.165, 1.54) is 24.3 Å². The predicted octanol–water partition coefficient (Wildman–Crippen LogP) is 8.95. The van der Waals surface area contributed by atoms with Crippen molar-refractivity contribution in [2.75, 3.05) is 19.8 Å². The maximum Gasteiger partial charge on any atom is 0.419 e. The van der Waals surface area contributed by atoms with Gasteiger partial charge in [0, 0.05) is 17.2 Å². The monoisotopic (exact) mass is 597 g/mol. The van der Waals surface area contributed by atoms with Crippen LogP contribution in [0.4, 0.5) is 17.6 Å². The second-order valence-corrected chi connectivity index (χ2v) is 16.4. The number of benzene rings is 2. The van der Waals surface area contributed by atoms with Crippen LogP contribution < -0.4 is 4.74 Å². The van der Waals surface area contributed by atoms with Gasteiger partial charge in [-0.15, -0.1) is 0 Å². The van der Waals surface area contributed by atoms with Crippen LogP contribution in [-0.2, 0) is 26.4 Å². The van der Waals surface area contributed by atoms with Gasteiger partial charge >= 0.3 is 6.18 Å². The van der Waals surface area contributed by atoms with E-state index >= 15 is 0 Å². The van der Waals surface area contributed by atoms with Crippen molar-refractivity contribution in [3.05, 3.63) is 71.0 Å². The summed E-state index contributed by atoms with van der Waals surface area (Å²) in [5.41, 5.74) is -1.19. The van der Waals surface area contributed by atoms with Gasteiger partial charge in [-0.05, 0) is 42.2 Å². The first-order chi connectivity index (χ1) is 18.9. The molecule has 3 rings (SSSR count). The molecule has 0 aromatic heterocycles. The lowest BCUT2D eigenvalue weighted by atomic mass is 10.0. The van der Waals surface area contributed by atoms with E-state index in [2.05, 4.69) is 4.99 Å². The zero-order valence-corrected chi connectivity index (χ0v) is 25.7. The molecule has 0 radical (unpaired) electrons. The lowest BCUT2D eigenvalue weighted by Crippen LogP contribution is -2.36. The smallest absolute Gasteiger partial charge is 0.419 e. The Kier molecular flexibility index (Phi) is 9.86. The van der Waals surface area contributed by atoms with Crippen molar-refractivity contribution < 1.29 is 36.1 Å². The van der Waals surface area contributed by atoms with Gasteiger partial charge in [-0.1, -0.05) is 78.0 Å². The molecule has 1 aliphatic heterocycles. The summed E-state index contributed by atoms with van der Waals surface area (Å²) >= 11 is 0. The van der Waals surface area contributed by atoms with Crippen molar-refractivity contribution in [3.8, 4) is 5.75 Å². The molecule has 0 N–H and O–H groups in total. The van der Waals surface area contributed by atoms with Gasteiger partial charge in [0.2, 0.25) is 7.37 Å². The highest BCUT2D eigenvalue weighted by Crippen LogP contribution is 2.67. The maximum absolute atomic E-state index is 14.0. The van der Waals surface area contributed by atoms with Gasteiger partial charge < -0.3 is 14.0 Å². The first-order valence-electron chi connectivity index (χ1n) is 13.6. The van der Waals surface area contributed by atoms with Crippen LogP contribution in [0.1, 0.15) is 71.6 Å². The molecule has 10 heteroatoms. The summed E-state index contributed by atoms with van der Waals surface area (Å²) in [6.45, 7) is 12.9. The zero-order chi connectivity index (χ0) is 30.7. The van der Waals surface area contributed by atoms with E-state index in [9.17, 15) is 22.1 Å². The van der Waals surface area contributed by atoms with Crippen molar-refractivity contribution >= 4 is 19.3 Å². The second-order valence-electron chi connectivity index (χ2n) is 12.3. The van der Waals surface area contributed by atoms with Crippen LogP contribution in [0, 0.1) is 5.82 Å². The first kappa shape index (κ1) is 32.9. The number of halogens is 4. The van der Waals surface area contributed by atoms with Gasteiger partial charge in [-0.25, -0.2) is 9.38 Å². The fraction of sp³-hybridized carbons (Fsp3) is 0.516. The van der Waals surface area contributed by atoms with Gasteiger partial charge in [0.1, 0.15) is 23.7 Å². The number of aliphatic imine (C=N–C) groups is 1. The van der Waals surface area contributed by atoms with Crippen LogP contribution in [0.2, 0.25) is 0 Å². The van der Waals surface area contributed by atoms with E-state index in [0.717, 1.165) is 6.07 Å². The van der Waals surface area contributed by atoms with Crippen LogP contribution in [0.3, 0.4) is 0 Å².